The first-order valence-electron chi connectivity index (χ1n) is 11.9. The predicted molar refractivity (Wildman–Crippen MR) is 133 cm³/mol. The van der Waals surface area contributed by atoms with E-state index in [1.807, 2.05) is 6.07 Å². The number of anilines is 3. The highest BCUT2D eigenvalue weighted by molar-refractivity contribution is 5.74. The van der Waals surface area contributed by atoms with Gasteiger partial charge in [0.2, 0.25) is 5.92 Å². The minimum atomic E-state index is -2.72. The topological polar surface area (TPSA) is 139 Å². The highest BCUT2D eigenvalue weighted by Crippen LogP contribution is 2.57. The second kappa shape index (κ2) is 9.21. The van der Waals surface area contributed by atoms with Crippen LogP contribution in [0.2, 0.25) is 0 Å². The molecule has 1 aliphatic carbocycles. The Morgan fingerprint density at radius 1 is 1.13 bits per heavy atom. The molecule has 2 aromatic heterocycles. The number of alkyl halides is 2. The van der Waals surface area contributed by atoms with E-state index in [4.69, 9.17) is 11.6 Å². The molecule has 3 aromatic rings. The zero-order valence-corrected chi connectivity index (χ0v) is 20.8. The summed E-state index contributed by atoms with van der Waals surface area (Å²) in [6.07, 6.45) is 2.27. The van der Waals surface area contributed by atoms with Crippen molar-refractivity contribution in [2.24, 2.45) is 11.3 Å². The van der Waals surface area contributed by atoms with Gasteiger partial charge in [-0.2, -0.15) is 5.26 Å². The maximum absolute atomic E-state index is 14.2. The maximum Gasteiger partial charge on any atom is 0.336 e. The summed E-state index contributed by atoms with van der Waals surface area (Å²) in [4.78, 5) is 33.3. The molecule has 1 saturated carbocycles. The molecule has 2 aliphatic rings. The van der Waals surface area contributed by atoms with E-state index < -0.39 is 40.8 Å². The largest absolute Gasteiger partial charge is 0.397 e. The van der Waals surface area contributed by atoms with Crippen molar-refractivity contribution in [1.82, 2.24) is 19.0 Å². The first-order chi connectivity index (χ1) is 18.3. The number of hydrazine groups is 1. The molecule has 0 bridgehead atoms. The van der Waals surface area contributed by atoms with Gasteiger partial charge in [-0.05, 0) is 18.6 Å². The molecule has 5 rings (SSSR count). The number of pyridine rings is 1. The minimum absolute atomic E-state index is 0.00372. The lowest BCUT2D eigenvalue weighted by Crippen LogP contribution is -2.65. The molecule has 1 aliphatic heterocycles. The molecule has 2 fully saturated rings. The third-order valence-corrected chi connectivity index (χ3v) is 7.10. The van der Waals surface area contributed by atoms with E-state index in [0.717, 1.165) is 14.1 Å². The molecule has 14 heteroatoms. The van der Waals surface area contributed by atoms with E-state index in [2.05, 4.69) is 4.98 Å². The van der Waals surface area contributed by atoms with E-state index >= 15 is 0 Å². The number of nitrogens with zero attached hydrogens (tertiary/aromatic N) is 6. The zero-order valence-electron chi connectivity index (χ0n) is 20.8. The lowest BCUT2D eigenvalue weighted by Gasteiger charge is -2.58. The fourth-order valence-corrected chi connectivity index (χ4v) is 5.58. The molecule has 3 heterocycles. The fourth-order valence-electron chi connectivity index (χ4n) is 5.58. The molecule has 0 unspecified atom stereocenters. The Hall–Kier alpha value is -4.22. The quantitative estimate of drug-likeness (QED) is 0.209. The van der Waals surface area contributed by atoms with Crippen molar-refractivity contribution in [3.05, 3.63) is 74.3 Å². The second-order valence-electron chi connectivity index (χ2n) is 10.2. The minimum Gasteiger partial charge on any atom is -0.397 e. The summed E-state index contributed by atoms with van der Waals surface area (Å²) in [5.74, 6) is 1.08. The summed E-state index contributed by atoms with van der Waals surface area (Å²) < 4.78 is 56.8. The Balaban J connectivity index is 1.69. The van der Waals surface area contributed by atoms with Crippen LogP contribution in [-0.2, 0) is 13.1 Å². The molecular formula is C25H24F4N8O2. The summed E-state index contributed by atoms with van der Waals surface area (Å²) >= 11 is 0. The summed E-state index contributed by atoms with van der Waals surface area (Å²) in [5.41, 5.74) is 3.41. The average molecular weight is 545 g/mol. The smallest absolute Gasteiger partial charge is 0.336 e. The molecule has 1 aromatic carbocycles. The van der Waals surface area contributed by atoms with Crippen molar-refractivity contribution in [2.75, 3.05) is 23.8 Å². The van der Waals surface area contributed by atoms with Gasteiger partial charge < -0.3 is 5.73 Å². The maximum atomic E-state index is 14.2. The van der Waals surface area contributed by atoms with Crippen LogP contribution >= 0.6 is 0 Å². The van der Waals surface area contributed by atoms with Gasteiger partial charge in [0.15, 0.2) is 11.6 Å². The van der Waals surface area contributed by atoms with Gasteiger partial charge >= 0.3 is 5.69 Å². The first kappa shape index (κ1) is 26.4. The Morgan fingerprint density at radius 3 is 2.41 bits per heavy atom. The van der Waals surface area contributed by atoms with Gasteiger partial charge in [-0.15, -0.1) is 0 Å². The van der Waals surface area contributed by atoms with Gasteiger partial charge in [0.1, 0.15) is 12.2 Å². The van der Waals surface area contributed by atoms with Crippen molar-refractivity contribution in [3.8, 4) is 11.8 Å². The van der Waals surface area contributed by atoms with E-state index in [0.29, 0.717) is 17.7 Å². The normalized spacial score (nSPS) is 17.4. The van der Waals surface area contributed by atoms with Crippen LogP contribution in [0.5, 0.6) is 0 Å². The number of hydrogen-bond acceptors (Lipinski definition) is 8. The van der Waals surface area contributed by atoms with E-state index in [1.54, 1.807) is 11.8 Å². The molecule has 39 heavy (non-hydrogen) atoms. The third kappa shape index (κ3) is 4.53. The summed E-state index contributed by atoms with van der Waals surface area (Å²) in [5, 5.41) is 10.3. The van der Waals surface area contributed by atoms with Crippen molar-refractivity contribution in [1.29, 1.82) is 5.26 Å². The summed E-state index contributed by atoms with van der Waals surface area (Å²) in [6, 6.07) is 4.83. The fraction of sp³-hybridized carbons (Fsp3) is 0.360. The van der Waals surface area contributed by atoms with Crippen LogP contribution < -0.4 is 27.8 Å². The molecule has 0 amide bonds. The molecule has 1 spiro atoms. The molecule has 0 atom stereocenters. The Kier molecular flexibility index (Phi) is 6.23. The van der Waals surface area contributed by atoms with Crippen LogP contribution in [0.3, 0.4) is 0 Å². The lowest BCUT2D eigenvalue weighted by atomic mass is 9.61. The van der Waals surface area contributed by atoms with Crippen LogP contribution in [0.4, 0.5) is 34.6 Å². The number of rotatable bonds is 6. The average Bonchev–Trinajstić information content (AvgIpc) is 2.81. The molecule has 4 N–H and O–H groups in total. The van der Waals surface area contributed by atoms with Crippen LogP contribution in [0, 0.1) is 35.3 Å². The Bertz CT molecular complexity index is 1630. The Labute approximate surface area is 219 Å². The van der Waals surface area contributed by atoms with E-state index in [1.165, 1.54) is 18.5 Å². The number of nitrogen functional groups attached to an aromatic ring is 1. The monoisotopic (exact) mass is 544 g/mol. The van der Waals surface area contributed by atoms with Gasteiger partial charge in [0, 0.05) is 56.2 Å². The number of aryl methyl sites for hydroxylation is 1. The van der Waals surface area contributed by atoms with Gasteiger partial charge in [-0.25, -0.2) is 32.8 Å². The SMILES string of the molecule is Cc1cncc(-n2c(=O)c(N(N)c3cc(F)c(F)cc3N)c(CN3CC4(C3)CC(F)(F)C4)n(CC#N)c2=O)c1. The highest BCUT2D eigenvalue weighted by Gasteiger charge is 2.61. The molecule has 1 saturated heterocycles. The summed E-state index contributed by atoms with van der Waals surface area (Å²) in [6.45, 7) is 1.68. The van der Waals surface area contributed by atoms with Crippen LogP contribution in [0.25, 0.3) is 5.69 Å². The standard InChI is InChI=1S/C25H24F4N8O2/c1-14-4-15(8-33-7-14)36-22(38)21(37(32)19-6-17(27)16(26)5-18(19)31)20(35(3-2-30)23(36)39)9-34-12-24(13-34)10-25(28,29)11-24/h4-8H,3,9-13,31-32H2,1H3. The third-order valence-electron chi connectivity index (χ3n) is 7.10. The second-order valence-corrected chi connectivity index (χ2v) is 10.2. The number of aromatic nitrogens is 3. The van der Waals surface area contributed by atoms with Crippen LogP contribution in [0.1, 0.15) is 24.1 Å². The zero-order chi connectivity index (χ0) is 28.3. The molecule has 10 nitrogen and oxygen atoms in total. The number of nitriles is 1. The van der Waals surface area contributed by atoms with Crippen molar-refractivity contribution >= 4 is 17.1 Å². The highest BCUT2D eigenvalue weighted by atomic mass is 19.3. The van der Waals surface area contributed by atoms with Gasteiger partial charge in [0.25, 0.3) is 5.56 Å². The Morgan fingerprint density at radius 2 is 1.79 bits per heavy atom. The molecule has 0 radical (unpaired) electrons. The number of benzene rings is 1. The summed E-state index contributed by atoms with van der Waals surface area (Å²) in [7, 11) is 0. The molecule has 204 valence electrons. The lowest BCUT2D eigenvalue weighted by molar-refractivity contribution is -0.215. The van der Waals surface area contributed by atoms with Gasteiger partial charge in [-0.3, -0.25) is 24.3 Å². The predicted octanol–water partition coefficient (Wildman–Crippen LogP) is 2.33. The van der Waals surface area contributed by atoms with Crippen molar-refractivity contribution < 1.29 is 17.6 Å². The number of likely N-dealkylation sites (tertiary alicyclic amines) is 1. The number of halogens is 4. The van der Waals surface area contributed by atoms with Crippen molar-refractivity contribution in [3.63, 3.8) is 0 Å². The van der Waals surface area contributed by atoms with Gasteiger partial charge in [0.05, 0.1) is 35.0 Å². The van der Waals surface area contributed by atoms with E-state index in [-0.39, 0.29) is 60.9 Å². The van der Waals surface area contributed by atoms with Crippen LogP contribution in [0.15, 0.2) is 40.2 Å². The van der Waals surface area contributed by atoms with E-state index in [9.17, 15) is 32.4 Å². The number of hydrogen-bond donors (Lipinski definition) is 2. The van der Waals surface area contributed by atoms with Gasteiger partial charge in [-0.1, -0.05) is 0 Å². The first-order valence-corrected chi connectivity index (χ1v) is 11.9. The van der Waals surface area contributed by atoms with Crippen molar-refractivity contribution in [2.45, 2.75) is 38.8 Å². The van der Waals surface area contributed by atoms with Crippen LogP contribution in [-0.4, -0.2) is 38.0 Å². The molecular weight excluding hydrogens is 520 g/mol. The number of nitrogens with two attached hydrogens (primary N) is 2.